The number of fused-ring (bicyclic) bond motifs is 1. The minimum Gasteiger partial charge on any atom is -0.368 e. The Balaban J connectivity index is 1.37. The summed E-state index contributed by atoms with van der Waals surface area (Å²) < 4.78 is 2.18. The van der Waals surface area contributed by atoms with Crippen molar-refractivity contribution in [1.82, 2.24) is 9.47 Å². The minimum absolute atomic E-state index is 0.177. The molecule has 1 amide bonds. The summed E-state index contributed by atoms with van der Waals surface area (Å²) in [6.45, 7) is 5.52. The van der Waals surface area contributed by atoms with Gasteiger partial charge in [0, 0.05) is 61.1 Å². The fraction of sp³-hybridized carbons (Fsp3) is 0.200. The van der Waals surface area contributed by atoms with E-state index in [0.717, 1.165) is 41.8 Å². The molecule has 0 aliphatic carbocycles. The van der Waals surface area contributed by atoms with Gasteiger partial charge in [0.1, 0.15) is 11.6 Å². The quantitative estimate of drug-likeness (QED) is 0.302. The molecular formula is C30H28N4O. The standard InChI is InChI=1S/C30H28N4O/c1-23-11-13-24(14-12-23)21-34-22-26(28-9-5-6-10-29(28)34)19-25(20-31)30(35)33-17-15-32(16-18-33)27-7-3-2-4-8-27/h2-14,19,22H,15-18,21H2,1H3/b25-19-. The molecule has 5 nitrogen and oxygen atoms in total. The van der Waals surface area contributed by atoms with E-state index in [2.05, 4.69) is 64.9 Å². The Morgan fingerprint density at radius 2 is 1.60 bits per heavy atom. The Bertz CT molecular complexity index is 1400. The Morgan fingerprint density at radius 1 is 0.914 bits per heavy atom. The second kappa shape index (κ2) is 9.90. The maximum atomic E-state index is 13.3. The van der Waals surface area contributed by atoms with Crippen LogP contribution in [0.1, 0.15) is 16.7 Å². The molecule has 0 atom stereocenters. The van der Waals surface area contributed by atoms with Crippen molar-refractivity contribution in [2.75, 3.05) is 31.1 Å². The van der Waals surface area contributed by atoms with Crippen LogP contribution in [0, 0.1) is 18.3 Å². The summed E-state index contributed by atoms with van der Waals surface area (Å²) in [5.74, 6) is -0.199. The molecule has 1 aromatic heterocycles. The van der Waals surface area contributed by atoms with Gasteiger partial charge in [0.2, 0.25) is 0 Å². The highest BCUT2D eigenvalue weighted by atomic mass is 16.2. The molecule has 4 aromatic rings. The van der Waals surface area contributed by atoms with Gasteiger partial charge >= 0.3 is 0 Å². The van der Waals surface area contributed by atoms with Crippen LogP contribution in [0.5, 0.6) is 0 Å². The molecule has 0 bridgehead atoms. The lowest BCUT2D eigenvalue weighted by Gasteiger charge is -2.36. The van der Waals surface area contributed by atoms with E-state index >= 15 is 0 Å². The number of nitriles is 1. The summed E-state index contributed by atoms with van der Waals surface area (Å²) in [4.78, 5) is 17.3. The van der Waals surface area contributed by atoms with E-state index in [1.54, 1.807) is 11.0 Å². The molecule has 0 unspecified atom stereocenters. The van der Waals surface area contributed by atoms with Crippen molar-refractivity contribution in [3.63, 3.8) is 0 Å². The highest BCUT2D eigenvalue weighted by Gasteiger charge is 2.24. The van der Waals surface area contributed by atoms with Gasteiger partial charge in [-0.2, -0.15) is 5.26 Å². The van der Waals surface area contributed by atoms with Crippen LogP contribution in [0.4, 0.5) is 5.69 Å². The van der Waals surface area contributed by atoms with Gasteiger partial charge in [0.25, 0.3) is 5.91 Å². The largest absolute Gasteiger partial charge is 0.368 e. The van der Waals surface area contributed by atoms with E-state index in [1.165, 1.54) is 11.1 Å². The number of carbonyl (C=O) groups is 1. The van der Waals surface area contributed by atoms with Crippen molar-refractivity contribution in [1.29, 1.82) is 5.26 Å². The maximum absolute atomic E-state index is 13.3. The molecule has 2 heterocycles. The van der Waals surface area contributed by atoms with Crippen molar-refractivity contribution >= 4 is 28.6 Å². The fourth-order valence-electron chi connectivity index (χ4n) is 4.69. The van der Waals surface area contributed by atoms with Crippen LogP contribution in [0.3, 0.4) is 0 Å². The summed E-state index contributed by atoms with van der Waals surface area (Å²) in [6.07, 6.45) is 3.79. The Morgan fingerprint density at radius 3 is 2.31 bits per heavy atom. The first-order valence-corrected chi connectivity index (χ1v) is 12.0. The summed E-state index contributed by atoms with van der Waals surface area (Å²) in [7, 11) is 0. The third-order valence-electron chi connectivity index (χ3n) is 6.63. The van der Waals surface area contributed by atoms with E-state index in [4.69, 9.17) is 0 Å². The first kappa shape index (κ1) is 22.5. The van der Waals surface area contributed by atoms with E-state index < -0.39 is 0 Å². The number of hydrogen-bond acceptors (Lipinski definition) is 3. The molecule has 1 fully saturated rings. The first-order chi connectivity index (χ1) is 17.1. The van der Waals surface area contributed by atoms with Gasteiger partial charge in [0.15, 0.2) is 0 Å². The number of aromatic nitrogens is 1. The molecule has 3 aromatic carbocycles. The zero-order chi connectivity index (χ0) is 24.2. The van der Waals surface area contributed by atoms with Crippen LogP contribution in [-0.2, 0) is 11.3 Å². The van der Waals surface area contributed by atoms with Crippen molar-refractivity contribution in [2.45, 2.75) is 13.5 Å². The van der Waals surface area contributed by atoms with Gasteiger partial charge in [-0.25, -0.2) is 0 Å². The molecule has 0 N–H and O–H groups in total. The third kappa shape index (κ3) is 4.83. The molecule has 0 spiro atoms. The predicted octanol–water partition coefficient (Wildman–Crippen LogP) is 5.25. The van der Waals surface area contributed by atoms with Crippen LogP contribution in [-0.4, -0.2) is 41.6 Å². The van der Waals surface area contributed by atoms with Crippen LogP contribution >= 0.6 is 0 Å². The summed E-state index contributed by atoms with van der Waals surface area (Å²) >= 11 is 0. The molecule has 5 heteroatoms. The molecule has 5 rings (SSSR count). The van der Waals surface area contributed by atoms with Crippen molar-refractivity contribution < 1.29 is 4.79 Å². The molecule has 35 heavy (non-hydrogen) atoms. The number of benzene rings is 3. The lowest BCUT2D eigenvalue weighted by molar-refractivity contribution is -0.126. The minimum atomic E-state index is -0.199. The first-order valence-electron chi connectivity index (χ1n) is 12.0. The van der Waals surface area contributed by atoms with E-state index in [9.17, 15) is 10.1 Å². The van der Waals surface area contributed by atoms with Crippen molar-refractivity contribution in [3.05, 3.63) is 107 Å². The smallest absolute Gasteiger partial charge is 0.264 e. The van der Waals surface area contributed by atoms with E-state index in [-0.39, 0.29) is 11.5 Å². The zero-order valence-corrected chi connectivity index (χ0v) is 19.9. The molecular weight excluding hydrogens is 432 g/mol. The van der Waals surface area contributed by atoms with Gasteiger partial charge in [0.05, 0.1) is 0 Å². The number of amides is 1. The third-order valence-corrected chi connectivity index (χ3v) is 6.63. The monoisotopic (exact) mass is 460 g/mol. The molecule has 174 valence electrons. The van der Waals surface area contributed by atoms with Crippen LogP contribution in [0.15, 0.2) is 90.6 Å². The molecule has 1 saturated heterocycles. The van der Waals surface area contributed by atoms with Gasteiger partial charge in [-0.1, -0.05) is 66.2 Å². The SMILES string of the molecule is Cc1ccc(Cn2cc(/C=C(/C#N)C(=O)N3CCN(c4ccccc4)CC3)c3ccccc32)cc1. The lowest BCUT2D eigenvalue weighted by atomic mass is 10.1. The number of aryl methyl sites for hydroxylation is 1. The number of carbonyl (C=O) groups excluding carboxylic acids is 1. The average Bonchev–Trinajstić information content (AvgIpc) is 3.25. The fourth-order valence-corrected chi connectivity index (χ4v) is 4.69. The highest BCUT2D eigenvalue weighted by molar-refractivity contribution is 6.04. The molecule has 0 radical (unpaired) electrons. The zero-order valence-electron chi connectivity index (χ0n) is 19.9. The average molecular weight is 461 g/mol. The highest BCUT2D eigenvalue weighted by Crippen LogP contribution is 2.25. The molecule has 1 aliphatic rings. The Kier molecular flexibility index (Phi) is 6.36. The number of rotatable bonds is 5. The maximum Gasteiger partial charge on any atom is 0.264 e. The number of piperazine rings is 1. The van der Waals surface area contributed by atoms with E-state index in [1.807, 2.05) is 42.6 Å². The number of anilines is 1. The second-order valence-electron chi connectivity index (χ2n) is 9.00. The summed E-state index contributed by atoms with van der Waals surface area (Å²) in [5, 5.41) is 10.9. The van der Waals surface area contributed by atoms with Crippen LogP contribution in [0.25, 0.3) is 17.0 Å². The van der Waals surface area contributed by atoms with Crippen molar-refractivity contribution in [2.24, 2.45) is 0 Å². The van der Waals surface area contributed by atoms with Gasteiger partial charge < -0.3 is 14.4 Å². The number of nitrogens with zero attached hydrogens (tertiary/aromatic N) is 4. The van der Waals surface area contributed by atoms with Crippen molar-refractivity contribution in [3.8, 4) is 6.07 Å². The Hall–Kier alpha value is -4.30. The summed E-state index contributed by atoms with van der Waals surface area (Å²) in [5.41, 5.74) is 5.76. The van der Waals surface area contributed by atoms with Crippen LogP contribution in [0.2, 0.25) is 0 Å². The van der Waals surface area contributed by atoms with Crippen LogP contribution < -0.4 is 4.90 Å². The van der Waals surface area contributed by atoms with Gasteiger partial charge in [-0.05, 0) is 36.8 Å². The Labute approximate surface area is 206 Å². The predicted molar refractivity (Wildman–Crippen MR) is 141 cm³/mol. The number of hydrogen-bond donors (Lipinski definition) is 0. The van der Waals surface area contributed by atoms with E-state index in [0.29, 0.717) is 13.1 Å². The second-order valence-corrected chi connectivity index (χ2v) is 9.00. The topological polar surface area (TPSA) is 52.3 Å². The summed E-state index contributed by atoms with van der Waals surface area (Å²) in [6, 6.07) is 29.0. The number of para-hydroxylation sites is 2. The lowest BCUT2D eigenvalue weighted by Crippen LogP contribution is -2.49. The van der Waals surface area contributed by atoms with Gasteiger partial charge in [-0.15, -0.1) is 0 Å². The molecule has 1 aliphatic heterocycles. The normalized spacial score (nSPS) is 14.2. The van der Waals surface area contributed by atoms with Gasteiger partial charge in [-0.3, -0.25) is 4.79 Å². The molecule has 0 saturated carbocycles.